The van der Waals surface area contributed by atoms with Crippen LogP contribution in [0.3, 0.4) is 0 Å². The molecule has 2 aromatic rings. The van der Waals surface area contributed by atoms with Gasteiger partial charge in [-0.25, -0.2) is 0 Å². The third-order valence-corrected chi connectivity index (χ3v) is 6.65. The van der Waals surface area contributed by atoms with Crippen molar-refractivity contribution in [2.24, 2.45) is 0 Å². The molecule has 5 atom stereocenters. The zero-order valence-corrected chi connectivity index (χ0v) is 17.2. The molecule has 6 nitrogen and oxygen atoms in total. The molecule has 0 bridgehead atoms. The number of rotatable bonds is 6. The van der Waals surface area contributed by atoms with Gasteiger partial charge in [-0.05, 0) is 47.6 Å². The second kappa shape index (κ2) is 8.38. The van der Waals surface area contributed by atoms with Crippen molar-refractivity contribution in [1.29, 1.82) is 5.41 Å². The molecule has 1 saturated carbocycles. The van der Waals surface area contributed by atoms with Gasteiger partial charge in [-0.1, -0.05) is 48.0 Å². The van der Waals surface area contributed by atoms with Crippen molar-refractivity contribution in [3.63, 3.8) is 0 Å². The third-order valence-electron chi connectivity index (χ3n) is 6.28. The smallest absolute Gasteiger partial charge is 0.113 e. The monoisotopic (exact) mass is 431 g/mol. The van der Waals surface area contributed by atoms with E-state index in [4.69, 9.17) is 21.7 Å². The molecule has 2 aromatic carbocycles. The second-order valence-electron chi connectivity index (χ2n) is 8.27. The van der Waals surface area contributed by atoms with E-state index in [-0.39, 0.29) is 5.41 Å². The van der Waals surface area contributed by atoms with Crippen molar-refractivity contribution in [3.05, 3.63) is 69.7 Å². The first-order valence-electron chi connectivity index (χ1n) is 10.1. The molecule has 7 heteroatoms. The van der Waals surface area contributed by atoms with E-state index in [1.165, 1.54) is 6.21 Å². The zero-order chi connectivity index (χ0) is 21.5. The highest BCUT2D eigenvalue weighted by atomic mass is 35.5. The molecule has 1 saturated heterocycles. The van der Waals surface area contributed by atoms with Gasteiger partial charge in [-0.2, -0.15) is 0 Å². The third kappa shape index (κ3) is 3.91. The summed E-state index contributed by atoms with van der Waals surface area (Å²) in [7, 11) is 0. The van der Waals surface area contributed by atoms with E-state index in [2.05, 4.69) is 12.1 Å². The summed E-state index contributed by atoms with van der Waals surface area (Å²) in [6, 6.07) is 13.4. The van der Waals surface area contributed by atoms with Crippen LogP contribution in [0, 0.1) is 5.41 Å². The molecule has 5 N–H and O–H groups in total. The lowest BCUT2D eigenvalue weighted by molar-refractivity contribution is -0.231. The molecule has 2 aliphatic rings. The minimum Gasteiger partial charge on any atom is -0.394 e. The molecule has 160 valence electrons. The molecule has 30 heavy (non-hydrogen) atoms. The standard InChI is InChI=1S/C23H26ClNO5/c24-17-6-3-14(22-21(29)20(28)19(27)18(11-26)30-22)10-15(17)9-13-1-4-16(5-2-13)23(12-25)7-8-23/h1-6,10,12,18-22,25-29H,7-9,11H2. The summed E-state index contributed by atoms with van der Waals surface area (Å²) in [4.78, 5) is 0. The van der Waals surface area contributed by atoms with Gasteiger partial charge in [0.2, 0.25) is 0 Å². The van der Waals surface area contributed by atoms with E-state index in [1.54, 1.807) is 12.1 Å². The number of aliphatic hydroxyl groups is 4. The number of benzene rings is 2. The van der Waals surface area contributed by atoms with Crippen LogP contribution in [0.2, 0.25) is 5.02 Å². The van der Waals surface area contributed by atoms with E-state index in [0.717, 1.165) is 29.5 Å². The SMILES string of the molecule is N=CC1(c2ccc(Cc3cc(C4OC(CO)C(O)C(O)C4O)ccc3Cl)cc2)CC1. The first kappa shape index (κ1) is 21.4. The van der Waals surface area contributed by atoms with Crippen molar-refractivity contribution in [1.82, 2.24) is 0 Å². The Morgan fingerprint density at radius 1 is 1.03 bits per heavy atom. The van der Waals surface area contributed by atoms with Gasteiger partial charge in [0, 0.05) is 16.7 Å². The molecule has 0 aromatic heterocycles. The number of hydrogen-bond donors (Lipinski definition) is 5. The van der Waals surface area contributed by atoms with Crippen LogP contribution in [0.5, 0.6) is 0 Å². The molecule has 5 unspecified atom stereocenters. The fraction of sp³-hybridized carbons (Fsp3) is 0.435. The number of aliphatic hydroxyl groups excluding tert-OH is 4. The Morgan fingerprint density at radius 3 is 2.33 bits per heavy atom. The maximum Gasteiger partial charge on any atom is 0.113 e. The topological polar surface area (TPSA) is 114 Å². The van der Waals surface area contributed by atoms with Crippen LogP contribution in [-0.4, -0.2) is 57.7 Å². The van der Waals surface area contributed by atoms with E-state index in [0.29, 0.717) is 17.0 Å². The number of nitrogens with one attached hydrogen (secondary N) is 1. The van der Waals surface area contributed by atoms with Crippen molar-refractivity contribution in [2.45, 2.75) is 55.2 Å². The average Bonchev–Trinajstić information content (AvgIpc) is 3.56. The van der Waals surface area contributed by atoms with Crippen LogP contribution < -0.4 is 0 Å². The summed E-state index contributed by atoms with van der Waals surface area (Å²) < 4.78 is 5.66. The lowest BCUT2D eigenvalue weighted by Gasteiger charge is -2.40. The van der Waals surface area contributed by atoms with Gasteiger partial charge < -0.3 is 30.6 Å². The molecule has 1 aliphatic heterocycles. The average molecular weight is 432 g/mol. The van der Waals surface area contributed by atoms with Gasteiger partial charge in [0.1, 0.15) is 30.5 Å². The molecule has 0 spiro atoms. The fourth-order valence-corrected chi connectivity index (χ4v) is 4.29. The predicted octanol–water partition coefficient (Wildman–Crippen LogP) is 2.13. The second-order valence-corrected chi connectivity index (χ2v) is 8.68. The molecule has 1 heterocycles. The largest absolute Gasteiger partial charge is 0.394 e. The molecule has 4 rings (SSSR count). The Morgan fingerprint density at radius 2 is 1.73 bits per heavy atom. The summed E-state index contributed by atoms with van der Waals surface area (Å²) in [5.41, 5.74) is 3.59. The Labute approximate surface area is 180 Å². The van der Waals surface area contributed by atoms with Crippen LogP contribution in [-0.2, 0) is 16.6 Å². The van der Waals surface area contributed by atoms with Crippen molar-refractivity contribution >= 4 is 17.8 Å². The van der Waals surface area contributed by atoms with Gasteiger partial charge in [0.25, 0.3) is 0 Å². The highest BCUT2D eigenvalue weighted by Gasteiger charge is 2.44. The Kier molecular flexibility index (Phi) is 5.99. The van der Waals surface area contributed by atoms with Crippen LogP contribution >= 0.6 is 11.6 Å². The Bertz CT molecular complexity index is 912. The first-order valence-corrected chi connectivity index (χ1v) is 10.5. The summed E-state index contributed by atoms with van der Waals surface area (Å²) in [6.45, 7) is -0.467. The molecule has 0 radical (unpaired) electrons. The first-order chi connectivity index (χ1) is 14.4. The number of halogens is 1. The molecule has 0 amide bonds. The maximum absolute atomic E-state index is 10.4. The quantitative estimate of drug-likeness (QED) is 0.449. The van der Waals surface area contributed by atoms with E-state index < -0.39 is 37.1 Å². The number of ether oxygens (including phenoxy) is 1. The lowest BCUT2D eigenvalue weighted by Crippen LogP contribution is -2.55. The van der Waals surface area contributed by atoms with E-state index >= 15 is 0 Å². The van der Waals surface area contributed by atoms with Gasteiger partial charge >= 0.3 is 0 Å². The summed E-state index contributed by atoms with van der Waals surface area (Å²) >= 11 is 6.40. The normalized spacial score (nSPS) is 30.1. The Balaban J connectivity index is 1.55. The maximum atomic E-state index is 10.4. The van der Waals surface area contributed by atoms with E-state index in [1.807, 2.05) is 18.2 Å². The predicted molar refractivity (Wildman–Crippen MR) is 113 cm³/mol. The van der Waals surface area contributed by atoms with Gasteiger partial charge in [0.05, 0.1) is 6.61 Å². The summed E-state index contributed by atoms with van der Waals surface area (Å²) in [6.07, 6.45) is -1.84. The van der Waals surface area contributed by atoms with Gasteiger partial charge in [-0.3, -0.25) is 0 Å². The fourth-order valence-electron chi connectivity index (χ4n) is 4.11. The van der Waals surface area contributed by atoms with Crippen LogP contribution in [0.1, 0.15) is 41.2 Å². The van der Waals surface area contributed by atoms with Crippen molar-refractivity contribution in [3.8, 4) is 0 Å². The summed E-state index contributed by atoms with van der Waals surface area (Å²) in [5, 5.41) is 48.1. The van der Waals surface area contributed by atoms with Crippen molar-refractivity contribution in [2.75, 3.05) is 6.61 Å². The molecular formula is C23H26ClNO5. The summed E-state index contributed by atoms with van der Waals surface area (Å²) in [5.74, 6) is 0. The van der Waals surface area contributed by atoms with E-state index in [9.17, 15) is 20.4 Å². The van der Waals surface area contributed by atoms with Crippen molar-refractivity contribution < 1.29 is 25.2 Å². The van der Waals surface area contributed by atoms with Gasteiger partial charge in [0.15, 0.2) is 0 Å². The highest BCUT2D eigenvalue weighted by Crippen LogP contribution is 2.46. The minimum atomic E-state index is -1.42. The van der Waals surface area contributed by atoms with Crippen LogP contribution in [0.25, 0.3) is 0 Å². The molecular weight excluding hydrogens is 406 g/mol. The Hall–Kier alpha value is -1.80. The molecule has 1 aliphatic carbocycles. The van der Waals surface area contributed by atoms with Crippen LogP contribution in [0.15, 0.2) is 42.5 Å². The van der Waals surface area contributed by atoms with Gasteiger partial charge in [-0.15, -0.1) is 0 Å². The van der Waals surface area contributed by atoms with Crippen LogP contribution in [0.4, 0.5) is 0 Å². The molecule has 2 fully saturated rings. The zero-order valence-electron chi connectivity index (χ0n) is 16.4. The number of hydrogen-bond acceptors (Lipinski definition) is 6. The highest BCUT2D eigenvalue weighted by molar-refractivity contribution is 6.31. The lowest BCUT2D eigenvalue weighted by atomic mass is 9.90. The minimum absolute atomic E-state index is 0.0841.